The van der Waals surface area contributed by atoms with Crippen LogP contribution in [-0.4, -0.2) is 43.5 Å². The molecule has 1 saturated heterocycles. The molecule has 1 aliphatic heterocycles. The number of hydrogen-bond acceptors (Lipinski definition) is 3. The Morgan fingerprint density at radius 1 is 1.71 bits per heavy atom. The van der Waals surface area contributed by atoms with E-state index < -0.39 is 0 Å². The first-order valence-electron chi connectivity index (χ1n) is 5.35. The molecule has 4 nitrogen and oxygen atoms in total. The van der Waals surface area contributed by atoms with Crippen LogP contribution in [0.4, 0.5) is 0 Å². The first kappa shape index (κ1) is 11.5. The molecule has 14 heavy (non-hydrogen) atoms. The highest BCUT2D eigenvalue weighted by atomic mass is 16.2. The van der Waals surface area contributed by atoms with Crippen molar-refractivity contribution >= 4 is 5.91 Å². The van der Waals surface area contributed by atoms with Gasteiger partial charge in [-0.15, -0.1) is 0 Å². The summed E-state index contributed by atoms with van der Waals surface area (Å²) >= 11 is 0. The van der Waals surface area contributed by atoms with Gasteiger partial charge < -0.3 is 16.0 Å². The molecule has 0 saturated carbocycles. The van der Waals surface area contributed by atoms with Gasteiger partial charge in [0.05, 0.1) is 6.04 Å². The maximum atomic E-state index is 11.4. The molecule has 1 unspecified atom stereocenters. The van der Waals surface area contributed by atoms with E-state index in [9.17, 15) is 4.79 Å². The molecule has 2 atom stereocenters. The zero-order valence-corrected chi connectivity index (χ0v) is 9.12. The van der Waals surface area contributed by atoms with Gasteiger partial charge in [-0.05, 0) is 32.4 Å². The number of carbonyl (C=O) groups is 1. The van der Waals surface area contributed by atoms with Crippen molar-refractivity contribution in [3.63, 3.8) is 0 Å². The zero-order chi connectivity index (χ0) is 10.6. The topological polar surface area (TPSA) is 58.4 Å². The van der Waals surface area contributed by atoms with Crippen molar-refractivity contribution < 1.29 is 4.79 Å². The summed E-state index contributed by atoms with van der Waals surface area (Å²) in [4.78, 5) is 13.7. The number of rotatable bonds is 4. The number of nitrogens with one attached hydrogen (secondary N) is 1. The molecule has 1 fully saturated rings. The standard InChI is InChI=1S/C10H21N3O/c1-3-9(11)10(14)12-6-8-4-5-13(2)7-8/h8-9H,3-7,11H2,1-2H3,(H,12,14)/t8?,9-/m0/s1. The van der Waals surface area contributed by atoms with Crippen LogP contribution in [0.1, 0.15) is 19.8 Å². The molecule has 0 aromatic heterocycles. The first-order valence-corrected chi connectivity index (χ1v) is 5.35. The average molecular weight is 199 g/mol. The second-order valence-electron chi connectivity index (χ2n) is 4.18. The molecular weight excluding hydrogens is 178 g/mol. The van der Waals surface area contributed by atoms with Crippen LogP contribution in [-0.2, 0) is 4.79 Å². The monoisotopic (exact) mass is 199 g/mol. The summed E-state index contributed by atoms with van der Waals surface area (Å²) in [6.07, 6.45) is 1.88. The second-order valence-corrected chi connectivity index (χ2v) is 4.18. The maximum absolute atomic E-state index is 11.4. The zero-order valence-electron chi connectivity index (χ0n) is 9.12. The second kappa shape index (κ2) is 5.32. The Labute approximate surface area is 85.8 Å². The molecule has 3 N–H and O–H groups in total. The van der Waals surface area contributed by atoms with Crippen molar-refractivity contribution in [2.75, 3.05) is 26.7 Å². The van der Waals surface area contributed by atoms with Crippen molar-refractivity contribution in [1.82, 2.24) is 10.2 Å². The predicted molar refractivity (Wildman–Crippen MR) is 56.9 cm³/mol. The molecule has 4 heteroatoms. The SMILES string of the molecule is CC[C@H](N)C(=O)NCC1CCN(C)C1. The number of hydrogen-bond donors (Lipinski definition) is 2. The van der Waals surface area contributed by atoms with E-state index in [1.807, 2.05) is 6.92 Å². The van der Waals surface area contributed by atoms with Crippen molar-refractivity contribution in [3.05, 3.63) is 0 Å². The smallest absolute Gasteiger partial charge is 0.236 e. The molecular formula is C10H21N3O. The lowest BCUT2D eigenvalue weighted by Crippen LogP contribution is -2.42. The summed E-state index contributed by atoms with van der Waals surface area (Å²) in [6.45, 7) is 4.92. The maximum Gasteiger partial charge on any atom is 0.236 e. The molecule has 0 aromatic rings. The van der Waals surface area contributed by atoms with Crippen LogP contribution < -0.4 is 11.1 Å². The normalized spacial score (nSPS) is 24.9. The minimum atomic E-state index is -0.339. The van der Waals surface area contributed by atoms with Crippen molar-refractivity contribution in [2.45, 2.75) is 25.8 Å². The number of amides is 1. The molecule has 0 aromatic carbocycles. The molecule has 1 aliphatic rings. The fraction of sp³-hybridized carbons (Fsp3) is 0.900. The highest BCUT2D eigenvalue weighted by Crippen LogP contribution is 2.12. The van der Waals surface area contributed by atoms with Gasteiger partial charge in [-0.2, -0.15) is 0 Å². The summed E-state index contributed by atoms with van der Waals surface area (Å²) in [7, 11) is 2.11. The van der Waals surface area contributed by atoms with Gasteiger partial charge in [0.25, 0.3) is 0 Å². The van der Waals surface area contributed by atoms with Crippen LogP contribution in [0.15, 0.2) is 0 Å². The molecule has 0 radical (unpaired) electrons. The third-order valence-corrected chi connectivity index (χ3v) is 2.83. The molecule has 0 bridgehead atoms. The van der Waals surface area contributed by atoms with Crippen LogP contribution in [0.2, 0.25) is 0 Å². The van der Waals surface area contributed by atoms with Crippen LogP contribution in [0.5, 0.6) is 0 Å². The van der Waals surface area contributed by atoms with Crippen LogP contribution in [0.25, 0.3) is 0 Å². The lowest BCUT2D eigenvalue weighted by molar-refractivity contribution is -0.122. The third kappa shape index (κ3) is 3.27. The first-order chi connectivity index (χ1) is 6.63. The van der Waals surface area contributed by atoms with Crippen LogP contribution in [0, 0.1) is 5.92 Å². The molecule has 0 aliphatic carbocycles. The summed E-state index contributed by atoms with van der Waals surface area (Å²) in [6, 6.07) is -0.339. The molecule has 1 heterocycles. The average Bonchev–Trinajstić information content (AvgIpc) is 2.59. The van der Waals surface area contributed by atoms with E-state index in [0.717, 1.165) is 19.6 Å². The van der Waals surface area contributed by atoms with Gasteiger partial charge in [-0.1, -0.05) is 6.92 Å². The lowest BCUT2D eigenvalue weighted by atomic mass is 10.1. The minimum absolute atomic E-state index is 0.0120. The number of carbonyl (C=O) groups excluding carboxylic acids is 1. The van der Waals surface area contributed by atoms with Gasteiger partial charge in [0.15, 0.2) is 0 Å². The van der Waals surface area contributed by atoms with Gasteiger partial charge in [0.1, 0.15) is 0 Å². The molecule has 82 valence electrons. The summed E-state index contributed by atoms with van der Waals surface area (Å²) in [5.41, 5.74) is 5.61. The highest BCUT2D eigenvalue weighted by molar-refractivity contribution is 5.81. The van der Waals surface area contributed by atoms with E-state index in [4.69, 9.17) is 5.73 Å². The fourth-order valence-corrected chi connectivity index (χ4v) is 1.75. The van der Waals surface area contributed by atoms with E-state index in [-0.39, 0.29) is 11.9 Å². The molecule has 1 rings (SSSR count). The Morgan fingerprint density at radius 3 is 2.93 bits per heavy atom. The van der Waals surface area contributed by atoms with Gasteiger partial charge in [-0.3, -0.25) is 4.79 Å². The van der Waals surface area contributed by atoms with E-state index >= 15 is 0 Å². The van der Waals surface area contributed by atoms with Crippen LogP contribution >= 0.6 is 0 Å². The minimum Gasteiger partial charge on any atom is -0.354 e. The van der Waals surface area contributed by atoms with Gasteiger partial charge in [0, 0.05) is 13.1 Å². The fourth-order valence-electron chi connectivity index (χ4n) is 1.75. The Bertz CT molecular complexity index is 196. The van der Waals surface area contributed by atoms with Gasteiger partial charge in [0.2, 0.25) is 5.91 Å². The summed E-state index contributed by atoms with van der Waals surface area (Å²) in [5, 5.41) is 2.91. The highest BCUT2D eigenvalue weighted by Gasteiger charge is 2.20. The predicted octanol–water partition coefficient (Wildman–Crippen LogP) is -0.208. The third-order valence-electron chi connectivity index (χ3n) is 2.83. The van der Waals surface area contributed by atoms with E-state index in [2.05, 4.69) is 17.3 Å². The summed E-state index contributed by atoms with van der Waals surface area (Å²) < 4.78 is 0. The van der Waals surface area contributed by atoms with Crippen molar-refractivity contribution in [1.29, 1.82) is 0 Å². The van der Waals surface area contributed by atoms with Crippen LogP contribution in [0.3, 0.4) is 0 Å². The van der Waals surface area contributed by atoms with Gasteiger partial charge in [-0.25, -0.2) is 0 Å². The van der Waals surface area contributed by atoms with E-state index in [1.165, 1.54) is 6.42 Å². The number of nitrogens with two attached hydrogens (primary N) is 1. The van der Waals surface area contributed by atoms with E-state index in [1.54, 1.807) is 0 Å². The van der Waals surface area contributed by atoms with E-state index in [0.29, 0.717) is 12.3 Å². The Morgan fingerprint density at radius 2 is 2.43 bits per heavy atom. The number of likely N-dealkylation sites (tertiary alicyclic amines) is 1. The Hall–Kier alpha value is -0.610. The molecule has 0 spiro atoms. The largest absolute Gasteiger partial charge is 0.354 e. The van der Waals surface area contributed by atoms with Crippen molar-refractivity contribution in [3.8, 4) is 0 Å². The van der Waals surface area contributed by atoms with Gasteiger partial charge >= 0.3 is 0 Å². The quantitative estimate of drug-likeness (QED) is 0.659. The lowest BCUT2D eigenvalue weighted by Gasteiger charge is -2.14. The Balaban J connectivity index is 2.17. The molecule has 1 amide bonds. The summed E-state index contributed by atoms with van der Waals surface area (Å²) in [5.74, 6) is 0.593. The van der Waals surface area contributed by atoms with Crippen molar-refractivity contribution in [2.24, 2.45) is 11.7 Å². The Kier molecular flexibility index (Phi) is 4.35. The number of nitrogens with zero attached hydrogens (tertiary/aromatic N) is 1.